The maximum Gasteiger partial charge on any atom is 0.407 e. The molecule has 0 amide bonds. The molecular weight excluding hydrogens is 555 g/mol. The fourth-order valence-corrected chi connectivity index (χ4v) is 6.40. The molecule has 0 aliphatic carbocycles. The van der Waals surface area contributed by atoms with Gasteiger partial charge in [-0.25, -0.2) is 4.79 Å². The van der Waals surface area contributed by atoms with Crippen molar-refractivity contribution in [3.8, 4) is 0 Å². The Balaban J connectivity index is 2.18. The van der Waals surface area contributed by atoms with E-state index in [9.17, 15) is 19.6 Å². The van der Waals surface area contributed by atoms with Gasteiger partial charge < -0.3 is 19.7 Å². The molecule has 0 radical (unpaired) electrons. The third-order valence-corrected chi connectivity index (χ3v) is 9.45. The van der Waals surface area contributed by atoms with Crippen LogP contribution < -0.4 is 0 Å². The van der Waals surface area contributed by atoms with E-state index in [1.807, 2.05) is 13.8 Å². The van der Waals surface area contributed by atoms with E-state index in [4.69, 9.17) is 9.47 Å². The van der Waals surface area contributed by atoms with Gasteiger partial charge in [-0.2, -0.15) is 11.8 Å². The number of aliphatic carboxylic acids is 1. The van der Waals surface area contributed by atoms with Crippen LogP contribution in [0.3, 0.4) is 0 Å². The minimum absolute atomic E-state index is 0.225. The molecule has 1 aromatic carbocycles. The number of hydrogen-bond donors (Lipinski definition) is 2. The van der Waals surface area contributed by atoms with Gasteiger partial charge in [-0.1, -0.05) is 119 Å². The van der Waals surface area contributed by atoms with Crippen LogP contribution >= 0.6 is 20.2 Å². The van der Waals surface area contributed by atoms with Crippen molar-refractivity contribution in [3.05, 3.63) is 35.9 Å². The Morgan fingerprint density at radius 2 is 1.46 bits per heavy atom. The minimum Gasteiger partial charge on any atom is -0.476 e. The smallest absolute Gasteiger partial charge is 0.407 e. The van der Waals surface area contributed by atoms with E-state index in [2.05, 4.69) is 49.0 Å². The number of carboxylic acid groups (broad SMARTS) is 1. The number of thioether (sulfide) groups is 1. The molecule has 41 heavy (non-hydrogen) atoms. The molecule has 0 saturated heterocycles. The summed E-state index contributed by atoms with van der Waals surface area (Å²) in [5.74, 6) is 1.56. The van der Waals surface area contributed by atoms with Gasteiger partial charge in [0.1, 0.15) is 0 Å². The van der Waals surface area contributed by atoms with E-state index in [-0.39, 0.29) is 12.7 Å². The molecule has 0 saturated carbocycles. The number of benzene rings is 1. The zero-order chi connectivity index (χ0) is 30.2. The number of rotatable bonds is 28. The summed E-state index contributed by atoms with van der Waals surface area (Å²) in [4.78, 5) is 11.4. The predicted molar refractivity (Wildman–Crippen MR) is 174 cm³/mol. The molecule has 0 aliphatic rings. The Labute approximate surface area is 256 Å². The Kier molecular flexibility index (Phi) is 22.7. The summed E-state index contributed by atoms with van der Waals surface area (Å²) in [6.45, 7) is 6.21. The monoisotopic (exact) mass is 613 g/mol. The first-order valence-corrected chi connectivity index (χ1v) is 18.2. The Morgan fingerprint density at radius 3 is 2.07 bits per heavy atom. The first kappa shape index (κ1) is 38.0. The average Bonchev–Trinajstić information content (AvgIpc) is 2.98. The van der Waals surface area contributed by atoms with Crippen molar-refractivity contribution in [2.45, 2.75) is 147 Å². The molecule has 5 unspecified atom stereocenters. The molecule has 5 atom stereocenters. The SMILES string of the molecule is CCCCCCCCC(CCSCCCCCCCCC(C)OC(OCCC)C(O)([PH+]=O)C(=O)O)c1ccccc1. The van der Waals surface area contributed by atoms with Crippen LogP contribution in [0, 0.1) is 0 Å². The fraction of sp³-hybridized carbons (Fsp3) is 0.788. The topological polar surface area (TPSA) is 93.1 Å². The highest BCUT2D eigenvalue weighted by Gasteiger charge is 2.56. The molecule has 0 bridgehead atoms. The maximum atomic E-state index is 11.4. The molecule has 2 N–H and O–H groups in total. The number of carboxylic acids is 1. The fourth-order valence-electron chi connectivity index (χ4n) is 5.00. The second-order valence-electron chi connectivity index (χ2n) is 11.3. The van der Waals surface area contributed by atoms with Crippen LogP contribution in [-0.2, 0) is 18.8 Å². The van der Waals surface area contributed by atoms with E-state index in [0.29, 0.717) is 12.3 Å². The van der Waals surface area contributed by atoms with Crippen LogP contribution in [0.25, 0.3) is 0 Å². The zero-order valence-electron chi connectivity index (χ0n) is 26.0. The number of ether oxygens (including phenoxy) is 2. The van der Waals surface area contributed by atoms with Crippen LogP contribution in [0.2, 0.25) is 0 Å². The van der Waals surface area contributed by atoms with Crippen LogP contribution in [0.5, 0.6) is 0 Å². The number of aliphatic hydroxyl groups is 1. The summed E-state index contributed by atoms with van der Waals surface area (Å²) in [7, 11) is -1.48. The molecule has 6 nitrogen and oxygen atoms in total. The van der Waals surface area contributed by atoms with Crippen LogP contribution in [0.1, 0.15) is 135 Å². The highest BCUT2D eigenvalue weighted by Crippen LogP contribution is 2.30. The summed E-state index contributed by atoms with van der Waals surface area (Å²) in [6.07, 6.45) is 17.3. The molecule has 8 heteroatoms. The minimum atomic E-state index is -2.54. The van der Waals surface area contributed by atoms with Crippen LogP contribution in [0.15, 0.2) is 30.3 Å². The van der Waals surface area contributed by atoms with Gasteiger partial charge in [0.15, 0.2) is 0 Å². The number of unbranched alkanes of at least 4 members (excludes halogenated alkanes) is 10. The average molecular weight is 614 g/mol. The van der Waals surface area contributed by atoms with Crippen molar-refractivity contribution in [1.82, 2.24) is 0 Å². The lowest BCUT2D eigenvalue weighted by Crippen LogP contribution is -2.48. The Bertz CT molecular complexity index is 782. The van der Waals surface area contributed by atoms with Crippen molar-refractivity contribution in [3.63, 3.8) is 0 Å². The standard InChI is InChI=1S/C33H57O6PS/c1-4-6-7-8-12-16-23-30(29-21-17-14-18-22-29)24-27-41-26-19-13-10-9-11-15-20-28(3)39-32(38-25-5-2)33(36,40-37)31(34)35/h14,17-18,21-22,28,30,32,36H,4-13,15-16,19-20,23-27H2,1-3H3,(H,34,35)/p+1. The molecule has 0 fully saturated rings. The van der Waals surface area contributed by atoms with E-state index < -0.39 is 26.1 Å². The van der Waals surface area contributed by atoms with Crippen molar-refractivity contribution in [2.24, 2.45) is 0 Å². The highest BCUT2D eigenvalue weighted by atomic mass is 32.2. The lowest BCUT2D eigenvalue weighted by Gasteiger charge is -2.25. The van der Waals surface area contributed by atoms with Crippen LogP contribution in [0.4, 0.5) is 0 Å². The summed E-state index contributed by atoms with van der Waals surface area (Å²) < 4.78 is 22.5. The summed E-state index contributed by atoms with van der Waals surface area (Å²) in [6, 6.07) is 11.1. The van der Waals surface area contributed by atoms with E-state index in [1.165, 1.54) is 94.1 Å². The van der Waals surface area contributed by atoms with Gasteiger partial charge in [0.25, 0.3) is 0 Å². The maximum absolute atomic E-state index is 11.4. The van der Waals surface area contributed by atoms with Gasteiger partial charge >= 0.3 is 19.8 Å². The van der Waals surface area contributed by atoms with Gasteiger partial charge in [-0.3, -0.25) is 0 Å². The molecule has 1 rings (SSSR count). The lowest BCUT2D eigenvalue weighted by molar-refractivity contribution is -0.231. The second kappa shape index (κ2) is 24.5. The van der Waals surface area contributed by atoms with Crippen molar-refractivity contribution in [2.75, 3.05) is 18.1 Å². The lowest BCUT2D eigenvalue weighted by atomic mass is 9.91. The first-order valence-electron chi connectivity index (χ1n) is 16.1. The molecule has 0 aromatic heterocycles. The number of carbonyl (C=O) groups is 1. The van der Waals surface area contributed by atoms with Gasteiger partial charge in [0.05, 0.1) is 6.10 Å². The molecular formula is C33H58O6PS+. The molecule has 0 heterocycles. The van der Waals surface area contributed by atoms with E-state index >= 15 is 0 Å². The van der Waals surface area contributed by atoms with Gasteiger partial charge in [0, 0.05) is 6.61 Å². The predicted octanol–water partition coefficient (Wildman–Crippen LogP) is 9.33. The van der Waals surface area contributed by atoms with Crippen LogP contribution in [-0.4, -0.2) is 52.0 Å². The Morgan fingerprint density at radius 1 is 0.854 bits per heavy atom. The second-order valence-corrected chi connectivity index (χ2v) is 13.5. The van der Waals surface area contributed by atoms with Gasteiger partial charge in [-0.05, 0) is 62.0 Å². The molecule has 0 aliphatic heterocycles. The third kappa shape index (κ3) is 17.0. The third-order valence-electron chi connectivity index (χ3n) is 7.59. The number of hydrogen-bond acceptors (Lipinski definition) is 6. The zero-order valence-corrected chi connectivity index (χ0v) is 27.8. The highest BCUT2D eigenvalue weighted by molar-refractivity contribution is 7.99. The van der Waals surface area contributed by atoms with Crippen molar-refractivity contribution in [1.29, 1.82) is 0 Å². The molecule has 1 aromatic rings. The summed E-state index contributed by atoms with van der Waals surface area (Å²) >= 11 is 2.10. The van der Waals surface area contributed by atoms with Crippen molar-refractivity contribution >= 4 is 26.2 Å². The summed E-state index contributed by atoms with van der Waals surface area (Å²) in [5, 5.41) is 17.0. The molecule has 236 valence electrons. The summed E-state index contributed by atoms with van der Waals surface area (Å²) in [5.41, 5.74) is 1.51. The normalized spacial score (nSPS) is 15.4. The van der Waals surface area contributed by atoms with Gasteiger partial charge in [-0.15, -0.1) is 0 Å². The van der Waals surface area contributed by atoms with Crippen molar-refractivity contribution < 1.29 is 29.0 Å². The quantitative estimate of drug-likeness (QED) is 0.0552. The van der Waals surface area contributed by atoms with Gasteiger partial charge in [0.2, 0.25) is 6.29 Å². The van der Waals surface area contributed by atoms with E-state index in [0.717, 1.165) is 19.3 Å². The first-order chi connectivity index (χ1) is 19.9. The largest absolute Gasteiger partial charge is 0.476 e. The van der Waals surface area contributed by atoms with E-state index in [1.54, 1.807) is 0 Å². The molecule has 0 spiro atoms. The Hall–Kier alpha value is -0.980.